The lowest BCUT2D eigenvalue weighted by atomic mass is 10.0. The number of carbonyl (C=O) groups is 4. The highest BCUT2D eigenvalue weighted by Gasteiger charge is 2.28. The van der Waals surface area contributed by atoms with Gasteiger partial charge in [-0.25, -0.2) is 0 Å². The summed E-state index contributed by atoms with van der Waals surface area (Å²) >= 11 is 0. The highest BCUT2D eigenvalue weighted by molar-refractivity contribution is 6.22. The molecular formula is C26H22N2O5. The number of carboxylic acids is 1. The van der Waals surface area contributed by atoms with Crippen molar-refractivity contribution in [3.63, 3.8) is 0 Å². The summed E-state index contributed by atoms with van der Waals surface area (Å²) in [5.74, 6) is -2.24. The van der Waals surface area contributed by atoms with Gasteiger partial charge in [0.1, 0.15) is 6.04 Å². The third-order valence-electron chi connectivity index (χ3n) is 5.57. The van der Waals surface area contributed by atoms with Gasteiger partial charge in [-0.1, -0.05) is 60.7 Å². The quantitative estimate of drug-likeness (QED) is 0.388. The van der Waals surface area contributed by atoms with Gasteiger partial charge in [-0.15, -0.1) is 0 Å². The van der Waals surface area contributed by atoms with Gasteiger partial charge >= 0.3 is 5.97 Å². The number of ketones is 1. The Kier molecular flexibility index (Phi) is 6.31. The van der Waals surface area contributed by atoms with Gasteiger partial charge in [0, 0.05) is 29.7 Å². The molecule has 1 atom stereocenters. The lowest BCUT2D eigenvalue weighted by Crippen LogP contribution is -2.46. The van der Waals surface area contributed by atoms with Crippen molar-refractivity contribution in [1.29, 1.82) is 0 Å². The highest BCUT2D eigenvalue weighted by atomic mass is 16.4. The number of rotatable bonds is 8. The Labute approximate surface area is 190 Å². The van der Waals surface area contributed by atoms with Crippen LogP contribution in [0.4, 0.5) is 0 Å². The molecule has 0 heterocycles. The highest BCUT2D eigenvalue weighted by Crippen LogP contribution is 2.36. The molecule has 0 aromatic heterocycles. The van der Waals surface area contributed by atoms with Crippen LogP contribution >= 0.6 is 0 Å². The number of aliphatic carboxylic acids is 1. The van der Waals surface area contributed by atoms with Crippen LogP contribution in [0.15, 0.2) is 72.8 Å². The molecule has 1 aliphatic carbocycles. The van der Waals surface area contributed by atoms with Crippen molar-refractivity contribution < 1.29 is 24.3 Å². The Balaban J connectivity index is 1.49. The van der Waals surface area contributed by atoms with Crippen molar-refractivity contribution in [1.82, 2.24) is 10.6 Å². The van der Waals surface area contributed by atoms with Crippen LogP contribution in [0, 0.1) is 0 Å². The maximum Gasteiger partial charge on any atom is 0.303 e. The molecule has 7 nitrogen and oxygen atoms in total. The van der Waals surface area contributed by atoms with Gasteiger partial charge in [-0.05, 0) is 35.2 Å². The summed E-state index contributed by atoms with van der Waals surface area (Å²) < 4.78 is 0. The Morgan fingerprint density at radius 2 is 1.48 bits per heavy atom. The van der Waals surface area contributed by atoms with Crippen LogP contribution in [0.5, 0.6) is 0 Å². The molecule has 0 saturated carbocycles. The topological polar surface area (TPSA) is 113 Å². The zero-order chi connectivity index (χ0) is 23.4. The average molecular weight is 442 g/mol. The van der Waals surface area contributed by atoms with Crippen molar-refractivity contribution >= 4 is 23.6 Å². The zero-order valence-electron chi connectivity index (χ0n) is 17.7. The summed E-state index contributed by atoms with van der Waals surface area (Å²) in [5, 5.41) is 14.4. The predicted octanol–water partition coefficient (Wildman–Crippen LogP) is 3.18. The van der Waals surface area contributed by atoms with Crippen molar-refractivity contribution in [2.75, 3.05) is 0 Å². The molecular weight excluding hydrogens is 420 g/mol. The Bertz CT molecular complexity index is 1240. The number of benzene rings is 3. The maximum atomic E-state index is 12.9. The molecule has 3 N–H and O–H groups in total. The van der Waals surface area contributed by atoms with E-state index in [0.29, 0.717) is 11.1 Å². The van der Waals surface area contributed by atoms with Crippen LogP contribution in [0.1, 0.15) is 44.7 Å². The molecule has 1 aliphatic rings. The Morgan fingerprint density at radius 3 is 2.21 bits per heavy atom. The molecule has 0 bridgehead atoms. The summed E-state index contributed by atoms with van der Waals surface area (Å²) in [5.41, 5.74) is 3.71. The van der Waals surface area contributed by atoms with Crippen LogP contribution in [-0.4, -0.2) is 34.7 Å². The number of amides is 2. The molecule has 3 aromatic carbocycles. The first-order chi connectivity index (χ1) is 15.9. The second-order valence-electron chi connectivity index (χ2n) is 7.80. The van der Waals surface area contributed by atoms with Crippen molar-refractivity contribution in [2.24, 2.45) is 0 Å². The largest absolute Gasteiger partial charge is 0.481 e. The molecule has 0 fully saturated rings. The fraction of sp³-hybridized carbons (Fsp3) is 0.154. The molecule has 0 saturated heterocycles. The number of nitrogens with one attached hydrogen (secondary N) is 2. The molecule has 3 aromatic rings. The number of carboxylic acid groups (broad SMARTS) is 1. The number of carbonyl (C=O) groups excluding carboxylic acids is 3. The van der Waals surface area contributed by atoms with E-state index in [0.717, 1.165) is 16.7 Å². The van der Waals surface area contributed by atoms with E-state index < -0.39 is 23.8 Å². The molecule has 166 valence electrons. The molecule has 0 radical (unpaired) electrons. The van der Waals surface area contributed by atoms with Crippen LogP contribution in [0.2, 0.25) is 0 Å². The SMILES string of the molecule is O=C(O)CC[C@H](NC(=O)c1ccc2c(c1)C(=O)c1ccccc1-2)C(=O)NCc1ccccc1. The summed E-state index contributed by atoms with van der Waals surface area (Å²) in [6.45, 7) is 0.255. The van der Waals surface area contributed by atoms with Crippen LogP contribution in [0.25, 0.3) is 11.1 Å². The predicted molar refractivity (Wildman–Crippen MR) is 122 cm³/mol. The van der Waals surface area contributed by atoms with Crippen molar-refractivity contribution in [3.05, 3.63) is 95.1 Å². The van der Waals surface area contributed by atoms with Crippen molar-refractivity contribution in [3.8, 4) is 11.1 Å². The zero-order valence-corrected chi connectivity index (χ0v) is 17.7. The van der Waals surface area contributed by atoms with E-state index in [-0.39, 0.29) is 30.7 Å². The molecule has 2 amide bonds. The van der Waals surface area contributed by atoms with E-state index in [1.54, 1.807) is 24.3 Å². The lowest BCUT2D eigenvalue weighted by molar-refractivity contribution is -0.137. The van der Waals surface area contributed by atoms with Crippen LogP contribution in [0.3, 0.4) is 0 Å². The molecule has 4 rings (SSSR count). The standard InChI is InChI=1S/C26H22N2O5/c29-23(30)13-12-22(26(33)27-15-16-6-2-1-3-7-16)28-25(32)17-10-11-19-18-8-4-5-9-20(18)24(31)21(19)14-17/h1-11,14,22H,12-13,15H2,(H,27,33)(H,28,32)(H,29,30)/t22-/m0/s1. The minimum atomic E-state index is -1.06. The summed E-state index contributed by atoms with van der Waals surface area (Å²) in [6.07, 6.45) is -0.335. The maximum absolute atomic E-state index is 12.9. The lowest BCUT2D eigenvalue weighted by Gasteiger charge is -2.18. The van der Waals surface area contributed by atoms with E-state index in [2.05, 4.69) is 10.6 Å². The van der Waals surface area contributed by atoms with Crippen molar-refractivity contribution in [2.45, 2.75) is 25.4 Å². The number of hydrogen-bond acceptors (Lipinski definition) is 4. The van der Waals surface area contributed by atoms with Crippen LogP contribution in [-0.2, 0) is 16.1 Å². The molecule has 0 unspecified atom stereocenters. The Hall–Kier alpha value is -4.26. The van der Waals surface area contributed by atoms with E-state index in [1.165, 1.54) is 6.07 Å². The first kappa shape index (κ1) is 22.0. The normalized spacial score (nSPS) is 12.4. The molecule has 0 aliphatic heterocycles. The van der Waals surface area contributed by atoms with E-state index in [9.17, 15) is 19.2 Å². The summed E-state index contributed by atoms with van der Waals surface area (Å²) in [7, 11) is 0. The summed E-state index contributed by atoms with van der Waals surface area (Å²) in [4.78, 5) is 49.4. The van der Waals surface area contributed by atoms with Gasteiger partial charge in [0.15, 0.2) is 5.78 Å². The first-order valence-electron chi connectivity index (χ1n) is 10.6. The van der Waals surface area contributed by atoms with Gasteiger partial charge < -0.3 is 15.7 Å². The Morgan fingerprint density at radius 1 is 0.818 bits per heavy atom. The monoisotopic (exact) mass is 442 g/mol. The fourth-order valence-corrected chi connectivity index (χ4v) is 3.86. The molecule has 7 heteroatoms. The van der Waals surface area contributed by atoms with Crippen LogP contribution < -0.4 is 10.6 Å². The fourth-order valence-electron chi connectivity index (χ4n) is 3.86. The second kappa shape index (κ2) is 9.48. The number of hydrogen-bond donors (Lipinski definition) is 3. The molecule has 0 spiro atoms. The molecule has 33 heavy (non-hydrogen) atoms. The van der Waals surface area contributed by atoms with Gasteiger partial charge in [0.05, 0.1) is 0 Å². The number of fused-ring (bicyclic) bond motifs is 3. The van der Waals surface area contributed by atoms with E-state index in [4.69, 9.17) is 5.11 Å². The first-order valence-corrected chi connectivity index (χ1v) is 10.6. The second-order valence-corrected chi connectivity index (χ2v) is 7.80. The third-order valence-corrected chi connectivity index (χ3v) is 5.57. The average Bonchev–Trinajstić information content (AvgIpc) is 3.12. The van der Waals surface area contributed by atoms with Gasteiger partial charge in [-0.2, -0.15) is 0 Å². The van der Waals surface area contributed by atoms with Gasteiger partial charge in [0.2, 0.25) is 5.91 Å². The summed E-state index contributed by atoms with van der Waals surface area (Å²) in [6, 6.07) is 20.3. The minimum absolute atomic E-state index is 0.0585. The third kappa shape index (κ3) is 4.82. The van der Waals surface area contributed by atoms with E-state index >= 15 is 0 Å². The van der Waals surface area contributed by atoms with E-state index in [1.807, 2.05) is 42.5 Å². The minimum Gasteiger partial charge on any atom is -0.481 e. The smallest absolute Gasteiger partial charge is 0.303 e. The van der Waals surface area contributed by atoms with Gasteiger partial charge in [-0.3, -0.25) is 19.2 Å². The van der Waals surface area contributed by atoms with Gasteiger partial charge in [0.25, 0.3) is 5.91 Å².